The first-order valence-corrected chi connectivity index (χ1v) is 8.77. The normalized spacial score (nSPS) is 10.4. The Hall–Kier alpha value is -2.93. The fourth-order valence-electron chi connectivity index (χ4n) is 2.29. The van der Waals surface area contributed by atoms with Crippen molar-refractivity contribution in [2.45, 2.75) is 13.0 Å². The number of hydrogen-bond acceptors (Lipinski definition) is 4. The number of nitrogens with zero attached hydrogens (tertiary/aromatic N) is 1. The van der Waals surface area contributed by atoms with E-state index < -0.39 is 0 Å². The molecule has 2 heterocycles. The molecule has 0 saturated heterocycles. The summed E-state index contributed by atoms with van der Waals surface area (Å²) in [6.07, 6.45) is 1.96. The zero-order chi connectivity index (χ0) is 17.5. The number of rotatable bonds is 7. The topological polar surface area (TPSA) is 86.9 Å². The number of carbonyl (C=O) groups excluding carboxylic acids is 2. The molecule has 6 nitrogen and oxygen atoms in total. The van der Waals surface area contributed by atoms with Gasteiger partial charge in [0.2, 0.25) is 5.91 Å². The van der Waals surface area contributed by atoms with Crippen LogP contribution in [-0.4, -0.2) is 28.6 Å². The van der Waals surface area contributed by atoms with Crippen molar-refractivity contribution >= 4 is 23.2 Å². The maximum absolute atomic E-state index is 11.9. The van der Waals surface area contributed by atoms with E-state index in [1.807, 2.05) is 41.8 Å². The Morgan fingerprint density at radius 3 is 2.60 bits per heavy atom. The SMILES string of the molecule is O=C(CCNC(=O)c1cccs1)NCc1ccc(-c2ccn[nH]2)cc1. The smallest absolute Gasteiger partial charge is 0.261 e. The van der Waals surface area contributed by atoms with Gasteiger partial charge in [-0.3, -0.25) is 14.7 Å². The molecule has 0 aliphatic carbocycles. The summed E-state index contributed by atoms with van der Waals surface area (Å²) in [5, 5.41) is 14.3. The molecule has 7 heteroatoms. The number of aromatic amines is 1. The van der Waals surface area contributed by atoms with Crippen LogP contribution in [0.1, 0.15) is 21.7 Å². The van der Waals surface area contributed by atoms with Crippen LogP contribution in [0.4, 0.5) is 0 Å². The molecule has 1 aromatic carbocycles. The van der Waals surface area contributed by atoms with Gasteiger partial charge in [-0.2, -0.15) is 5.10 Å². The second-order valence-electron chi connectivity index (χ2n) is 5.43. The van der Waals surface area contributed by atoms with Gasteiger partial charge >= 0.3 is 0 Å². The molecule has 25 heavy (non-hydrogen) atoms. The third-order valence-electron chi connectivity index (χ3n) is 3.64. The van der Waals surface area contributed by atoms with Crippen LogP contribution >= 0.6 is 11.3 Å². The van der Waals surface area contributed by atoms with Crippen molar-refractivity contribution in [1.82, 2.24) is 20.8 Å². The van der Waals surface area contributed by atoms with Gasteiger partial charge in [0.05, 0.1) is 10.6 Å². The number of aromatic nitrogens is 2. The molecule has 0 atom stereocenters. The largest absolute Gasteiger partial charge is 0.352 e. The van der Waals surface area contributed by atoms with Gasteiger partial charge in [0.1, 0.15) is 0 Å². The molecule has 0 aliphatic heterocycles. The van der Waals surface area contributed by atoms with Crippen LogP contribution in [0.3, 0.4) is 0 Å². The molecule has 0 spiro atoms. The third-order valence-corrected chi connectivity index (χ3v) is 4.51. The predicted molar refractivity (Wildman–Crippen MR) is 97.1 cm³/mol. The van der Waals surface area contributed by atoms with Crippen molar-refractivity contribution in [2.75, 3.05) is 6.54 Å². The van der Waals surface area contributed by atoms with E-state index in [0.717, 1.165) is 16.8 Å². The highest BCUT2D eigenvalue weighted by atomic mass is 32.1. The van der Waals surface area contributed by atoms with Crippen molar-refractivity contribution in [3.8, 4) is 11.3 Å². The van der Waals surface area contributed by atoms with Gasteiger partial charge in [0.25, 0.3) is 5.91 Å². The first-order chi connectivity index (χ1) is 12.2. The summed E-state index contributed by atoms with van der Waals surface area (Å²) < 4.78 is 0. The van der Waals surface area contributed by atoms with Crippen molar-refractivity contribution in [3.05, 3.63) is 64.5 Å². The maximum atomic E-state index is 11.9. The molecule has 0 aliphatic rings. The van der Waals surface area contributed by atoms with E-state index in [-0.39, 0.29) is 18.2 Å². The number of H-pyrrole nitrogens is 1. The van der Waals surface area contributed by atoms with Gasteiger partial charge in [-0.25, -0.2) is 0 Å². The minimum absolute atomic E-state index is 0.0934. The third kappa shape index (κ3) is 4.77. The highest BCUT2D eigenvalue weighted by Gasteiger charge is 2.07. The number of thiophene rings is 1. The quantitative estimate of drug-likeness (QED) is 0.609. The van der Waals surface area contributed by atoms with Gasteiger partial charge in [-0.15, -0.1) is 11.3 Å². The van der Waals surface area contributed by atoms with Gasteiger partial charge in [0, 0.05) is 25.7 Å². The molecule has 0 unspecified atom stereocenters. The highest BCUT2D eigenvalue weighted by molar-refractivity contribution is 7.12. The van der Waals surface area contributed by atoms with E-state index >= 15 is 0 Å². The second-order valence-corrected chi connectivity index (χ2v) is 6.37. The zero-order valence-corrected chi connectivity index (χ0v) is 14.3. The number of hydrogen-bond donors (Lipinski definition) is 3. The number of carbonyl (C=O) groups is 2. The lowest BCUT2D eigenvalue weighted by Gasteiger charge is -2.07. The lowest BCUT2D eigenvalue weighted by molar-refractivity contribution is -0.121. The predicted octanol–water partition coefficient (Wildman–Crippen LogP) is 2.57. The van der Waals surface area contributed by atoms with Crippen molar-refractivity contribution in [1.29, 1.82) is 0 Å². The maximum Gasteiger partial charge on any atom is 0.261 e. The Morgan fingerprint density at radius 2 is 1.92 bits per heavy atom. The minimum Gasteiger partial charge on any atom is -0.352 e. The van der Waals surface area contributed by atoms with E-state index in [2.05, 4.69) is 20.8 Å². The first kappa shape index (κ1) is 16.9. The lowest BCUT2D eigenvalue weighted by atomic mass is 10.1. The Morgan fingerprint density at radius 1 is 1.08 bits per heavy atom. The van der Waals surface area contributed by atoms with Crippen LogP contribution in [0.15, 0.2) is 54.0 Å². The van der Waals surface area contributed by atoms with Crippen LogP contribution in [-0.2, 0) is 11.3 Å². The van der Waals surface area contributed by atoms with Gasteiger partial charge in [-0.05, 0) is 28.6 Å². The molecule has 2 aromatic heterocycles. The molecule has 0 fully saturated rings. The molecule has 2 amide bonds. The average Bonchev–Trinajstić information content (AvgIpc) is 3.34. The van der Waals surface area contributed by atoms with E-state index in [9.17, 15) is 9.59 Å². The van der Waals surface area contributed by atoms with Crippen LogP contribution in [0.5, 0.6) is 0 Å². The summed E-state index contributed by atoms with van der Waals surface area (Å²) in [4.78, 5) is 24.3. The average molecular weight is 354 g/mol. The summed E-state index contributed by atoms with van der Waals surface area (Å²) in [6, 6.07) is 13.4. The summed E-state index contributed by atoms with van der Waals surface area (Å²) in [5.41, 5.74) is 3.01. The summed E-state index contributed by atoms with van der Waals surface area (Å²) in [7, 11) is 0. The second kappa shape index (κ2) is 8.25. The Balaban J connectivity index is 1.39. The lowest BCUT2D eigenvalue weighted by Crippen LogP contribution is -2.30. The van der Waals surface area contributed by atoms with E-state index in [1.165, 1.54) is 11.3 Å². The molecule has 128 valence electrons. The fourth-order valence-corrected chi connectivity index (χ4v) is 2.93. The monoisotopic (exact) mass is 354 g/mol. The Bertz CT molecular complexity index is 811. The van der Waals surface area contributed by atoms with Crippen molar-refractivity contribution in [2.24, 2.45) is 0 Å². The molecule has 3 N–H and O–H groups in total. The molecule has 0 saturated carbocycles. The fraction of sp³-hybridized carbons (Fsp3) is 0.167. The Labute approximate surface area is 149 Å². The van der Waals surface area contributed by atoms with Crippen LogP contribution < -0.4 is 10.6 Å². The Kier molecular flexibility index (Phi) is 5.58. The molecular formula is C18H18N4O2S. The highest BCUT2D eigenvalue weighted by Crippen LogP contribution is 2.16. The summed E-state index contributed by atoms with van der Waals surface area (Å²) in [5.74, 6) is -0.235. The van der Waals surface area contributed by atoms with Gasteiger partial charge < -0.3 is 10.6 Å². The standard InChI is InChI=1S/C18H18N4O2S/c23-17(8-9-19-18(24)16-2-1-11-25-16)20-12-13-3-5-14(6-4-13)15-7-10-21-22-15/h1-7,10-11H,8-9,12H2,(H,19,24)(H,20,23)(H,21,22). The van der Waals surface area contributed by atoms with Crippen molar-refractivity contribution < 1.29 is 9.59 Å². The van der Waals surface area contributed by atoms with E-state index in [1.54, 1.807) is 12.3 Å². The molecule has 0 radical (unpaired) electrons. The van der Waals surface area contributed by atoms with Gasteiger partial charge in [-0.1, -0.05) is 30.3 Å². The van der Waals surface area contributed by atoms with E-state index in [4.69, 9.17) is 0 Å². The number of amides is 2. The minimum atomic E-state index is -0.141. The molecule has 3 aromatic rings. The van der Waals surface area contributed by atoms with Crippen LogP contribution in [0.2, 0.25) is 0 Å². The van der Waals surface area contributed by atoms with Gasteiger partial charge in [0.15, 0.2) is 0 Å². The van der Waals surface area contributed by atoms with Crippen LogP contribution in [0.25, 0.3) is 11.3 Å². The summed E-state index contributed by atoms with van der Waals surface area (Å²) in [6.45, 7) is 0.780. The summed E-state index contributed by atoms with van der Waals surface area (Å²) >= 11 is 1.38. The molecule has 3 rings (SSSR count). The zero-order valence-electron chi connectivity index (χ0n) is 13.5. The number of nitrogens with one attached hydrogen (secondary N) is 3. The van der Waals surface area contributed by atoms with E-state index in [0.29, 0.717) is 18.0 Å². The van der Waals surface area contributed by atoms with Crippen LogP contribution in [0, 0.1) is 0 Å². The number of benzene rings is 1. The first-order valence-electron chi connectivity index (χ1n) is 7.89. The molecular weight excluding hydrogens is 336 g/mol. The van der Waals surface area contributed by atoms with Crippen molar-refractivity contribution in [3.63, 3.8) is 0 Å². The molecule has 0 bridgehead atoms.